The third-order valence-electron chi connectivity index (χ3n) is 2.87. The second-order valence-corrected chi connectivity index (χ2v) is 5.53. The Kier molecular flexibility index (Phi) is 6.87. The molecule has 0 saturated carbocycles. The highest BCUT2D eigenvalue weighted by Crippen LogP contribution is 2.18. The molecule has 5 heteroatoms. The molecule has 1 atom stereocenters. The van der Waals surface area contributed by atoms with Crippen molar-refractivity contribution in [3.05, 3.63) is 42.0 Å². The number of benzene rings is 1. The summed E-state index contributed by atoms with van der Waals surface area (Å²) in [6.45, 7) is 3.69. The molecule has 0 bridgehead atoms. The van der Waals surface area contributed by atoms with Crippen molar-refractivity contribution in [1.82, 2.24) is 0 Å². The van der Waals surface area contributed by atoms with Crippen molar-refractivity contribution >= 4 is 29.8 Å². The van der Waals surface area contributed by atoms with E-state index < -0.39 is 17.9 Å². The smallest absolute Gasteiger partial charge is 0.307 e. The minimum Gasteiger partial charge on any atom is -0.481 e. The van der Waals surface area contributed by atoms with Crippen LogP contribution < -0.4 is 0 Å². The number of aliphatic carboxylic acids is 2. The highest BCUT2D eigenvalue weighted by Gasteiger charge is 2.20. The molecule has 0 aliphatic rings. The Bertz CT molecular complexity index is 467. The van der Waals surface area contributed by atoms with Crippen LogP contribution in [0.2, 0.25) is 0 Å². The van der Waals surface area contributed by atoms with Gasteiger partial charge in [-0.1, -0.05) is 36.9 Å². The number of carboxylic acids is 2. The zero-order valence-corrected chi connectivity index (χ0v) is 11.9. The van der Waals surface area contributed by atoms with E-state index in [1.165, 1.54) is 0 Å². The summed E-state index contributed by atoms with van der Waals surface area (Å²) in [5.41, 5.74) is 2.22. The van der Waals surface area contributed by atoms with Crippen molar-refractivity contribution in [3.63, 3.8) is 0 Å². The summed E-state index contributed by atoms with van der Waals surface area (Å²) in [5.74, 6) is -1.49. The van der Waals surface area contributed by atoms with Crippen LogP contribution in [-0.4, -0.2) is 27.9 Å². The Morgan fingerprint density at radius 3 is 2.40 bits per heavy atom. The Morgan fingerprint density at radius 1 is 1.25 bits per heavy atom. The van der Waals surface area contributed by atoms with Gasteiger partial charge in [0.15, 0.2) is 0 Å². The lowest BCUT2D eigenvalue weighted by Gasteiger charge is -2.09. The lowest BCUT2D eigenvalue weighted by molar-refractivity contribution is -0.148. The maximum Gasteiger partial charge on any atom is 0.307 e. The second kappa shape index (κ2) is 8.43. The fourth-order valence-corrected chi connectivity index (χ4v) is 2.71. The van der Waals surface area contributed by atoms with Gasteiger partial charge in [-0.2, -0.15) is 11.8 Å². The average Bonchev–Trinajstić information content (AvgIpc) is 2.42. The topological polar surface area (TPSA) is 74.6 Å². The van der Waals surface area contributed by atoms with Gasteiger partial charge in [0.1, 0.15) is 0 Å². The van der Waals surface area contributed by atoms with Crippen molar-refractivity contribution in [2.24, 2.45) is 5.92 Å². The molecule has 4 nitrogen and oxygen atoms in total. The van der Waals surface area contributed by atoms with Gasteiger partial charge in [0.05, 0.1) is 12.3 Å². The third-order valence-corrected chi connectivity index (χ3v) is 3.93. The standard InChI is InChI=1S/C15H18O4S/c1-2-11-3-5-12(6-4-11)10-20-8-7-13(15(18)19)9-14(16)17/h2-6,13H,1,7-10H2,(H,16,17)(H,18,19). The summed E-state index contributed by atoms with van der Waals surface area (Å²) in [7, 11) is 0. The molecule has 0 amide bonds. The molecule has 0 aliphatic heterocycles. The summed E-state index contributed by atoms with van der Waals surface area (Å²) >= 11 is 1.61. The van der Waals surface area contributed by atoms with Crippen LogP contribution in [0.3, 0.4) is 0 Å². The van der Waals surface area contributed by atoms with Crippen molar-refractivity contribution < 1.29 is 19.8 Å². The van der Waals surface area contributed by atoms with E-state index in [1.54, 1.807) is 17.8 Å². The van der Waals surface area contributed by atoms with Gasteiger partial charge in [-0.3, -0.25) is 9.59 Å². The maximum atomic E-state index is 10.9. The minimum absolute atomic E-state index is 0.316. The molecule has 0 aliphatic carbocycles. The Morgan fingerprint density at radius 2 is 1.90 bits per heavy atom. The van der Waals surface area contributed by atoms with E-state index in [0.29, 0.717) is 12.2 Å². The zero-order valence-electron chi connectivity index (χ0n) is 11.1. The van der Waals surface area contributed by atoms with E-state index in [0.717, 1.165) is 16.9 Å². The number of thioether (sulfide) groups is 1. The summed E-state index contributed by atoms with van der Waals surface area (Å²) in [6, 6.07) is 7.98. The molecule has 0 fully saturated rings. The molecule has 1 aromatic carbocycles. The van der Waals surface area contributed by atoms with Gasteiger partial charge in [-0.05, 0) is 23.3 Å². The van der Waals surface area contributed by atoms with Gasteiger partial charge in [0.2, 0.25) is 0 Å². The lowest BCUT2D eigenvalue weighted by atomic mass is 10.0. The first-order valence-electron chi connectivity index (χ1n) is 6.26. The fourth-order valence-electron chi connectivity index (χ4n) is 1.69. The highest BCUT2D eigenvalue weighted by atomic mass is 32.2. The summed E-state index contributed by atoms with van der Waals surface area (Å²) in [5, 5.41) is 17.6. The molecular formula is C15H18O4S. The van der Waals surface area contributed by atoms with E-state index in [9.17, 15) is 9.59 Å². The Labute approximate surface area is 122 Å². The van der Waals surface area contributed by atoms with Gasteiger partial charge in [0, 0.05) is 5.75 Å². The maximum absolute atomic E-state index is 10.9. The molecule has 0 heterocycles. The van der Waals surface area contributed by atoms with Crippen LogP contribution in [0.25, 0.3) is 6.08 Å². The minimum atomic E-state index is -1.07. The average molecular weight is 294 g/mol. The molecular weight excluding hydrogens is 276 g/mol. The monoisotopic (exact) mass is 294 g/mol. The molecule has 2 N–H and O–H groups in total. The normalized spacial score (nSPS) is 11.8. The summed E-state index contributed by atoms with van der Waals surface area (Å²) in [6.07, 6.45) is 1.83. The Balaban J connectivity index is 2.33. The Hall–Kier alpha value is -1.75. The lowest BCUT2D eigenvalue weighted by Crippen LogP contribution is -2.18. The number of carboxylic acid groups (broad SMARTS) is 2. The summed E-state index contributed by atoms with van der Waals surface area (Å²) < 4.78 is 0. The molecule has 0 saturated heterocycles. The number of rotatable bonds is 9. The molecule has 1 unspecified atom stereocenters. The van der Waals surface area contributed by atoms with Gasteiger partial charge < -0.3 is 10.2 Å². The van der Waals surface area contributed by atoms with Crippen molar-refractivity contribution in [2.45, 2.75) is 18.6 Å². The molecule has 1 aromatic rings. The molecule has 0 spiro atoms. The van der Waals surface area contributed by atoms with Crippen LogP contribution in [0, 0.1) is 5.92 Å². The van der Waals surface area contributed by atoms with Crippen LogP contribution in [0.5, 0.6) is 0 Å². The zero-order chi connectivity index (χ0) is 15.0. The van der Waals surface area contributed by atoms with Crippen LogP contribution in [0.15, 0.2) is 30.8 Å². The van der Waals surface area contributed by atoms with Gasteiger partial charge in [0.25, 0.3) is 0 Å². The second-order valence-electron chi connectivity index (χ2n) is 4.42. The summed E-state index contributed by atoms with van der Waals surface area (Å²) in [4.78, 5) is 21.4. The highest BCUT2D eigenvalue weighted by molar-refractivity contribution is 7.98. The van der Waals surface area contributed by atoms with Crippen LogP contribution in [0.4, 0.5) is 0 Å². The van der Waals surface area contributed by atoms with Gasteiger partial charge >= 0.3 is 11.9 Å². The van der Waals surface area contributed by atoms with Crippen LogP contribution >= 0.6 is 11.8 Å². The molecule has 0 radical (unpaired) electrons. The van der Waals surface area contributed by atoms with Crippen molar-refractivity contribution in [2.75, 3.05) is 5.75 Å². The van der Waals surface area contributed by atoms with E-state index in [2.05, 4.69) is 6.58 Å². The quantitative estimate of drug-likeness (QED) is 0.684. The predicted octanol–water partition coefficient (Wildman–Crippen LogP) is 3.13. The third kappa shape index (κ3) is 5.93. The van der Waals surface area contributed by atoms with Crippen molar-refractivity contribution in [1.29, 1.82) is 0 Å². The van der Waals surface area contributed by atoms with E-state index in [1.807, 2.05) is 24.3 Å². The SMILES string of the molecule is C=Cc1ccc(CSCCC(CC(=O)O)C(=O)O)cc1. The van der Waals surface area contributed by atoms with E-state index in [4.69, 9.17) is 10.2 Å². The molecule has 1 rings (SSSR count). The largest absolute Gasteiger partial charge is 0.481 e. The van der Waals surface area contributed by atoms with E-state index >= 15 is 0 Å². The number of carbonyl (C=O) groups is 2. The first-order chi connectivity index (χ1) is 9.52. The van der Waals surface area contributed by atoms with Crippen LogP contribution in [-0.2, 0) is 15.3 Å². The predicted molar refractivity (Wildman–Crippen MR) is 80.7 cm³/mol. The molecule has 0 aromatic heterocycles. The van der Waals surface area contributed by atoms with Gasteiger partial charge in [-0.15, -0.1) is 0 Å². The number of hydrogen-bond donors (Lipinski definition) is 2. The fraction of sp³-hybridized carbons (Fsp3) is 0.333. The van der Waals surface area contributed by atoms with Gasteiger partial charge in [-0.25, -0.2) is 0 Å². The van der Waals surface area contributed by atoms with E-state index in [-0.39, 0.29) is 6.42 Å². The first-order valence-corrected chi connectivity index (χ1v) is 7.42. The molecule has 20 heavy (non-hydrogen) atoms. The van der Waals surface area contributed by atoms with Crippen LogP contribution in [0.1, 0.15) is 24.0 Å². The molecule has 108 valence electrons. The van der Waals surface area contributed by atoms with Crippen molar-refractivity contribution in [3.8, 4) is 0 Å². The first kappa shape index (κ1) is 16.3. The number of hydrogen-bond acceptors (Lipinski definition) is 3.